The molecule has 222 valence electrons. The number of amides is 2. The molecule has 0 spiro atoms. The van der Waals surface area contributed by atoms with E-state index in [1.54, 1.807) is 24.3 Å². The molecule has 5 aromatic carbocycles. The first-order valence-electron chi connectivity index (χ1n) is 15.1. The summed E-state index contributed by atoms with van der Waals surface area (Å²) in [6.07, 6.45) is 0. The average Bonchev–Trinajstić information content (AvgIpc) is 3.09. The summed E-state index contributed by atoms with van der Waals surface area (Å²) < 4.78 is 0. The lowest BCUT2D eigenvalue weighted by Crippen LogP contribution is -2.16. The number of pyridine rings is 2. The highest BCUT2D eigenvalue weighted by atomic mass is 16.2. The van der Waals surface area contributed by atoms with Crippen LogP contribution in [0.5, 0.6) is 0 Å². The van der Waals surface area contributed by atoms with E-state index in [9.17, 15) is 9.59 Å². The summed E-state index contributed by atoms with van der Waals surface area (Å²) in [6, 6.07) is 42.3. The molecule has 0 unspecified atom stereocenters. The fraction of sp³-hybridized carbons (Fsp3) is 0.0500. The van der Waals surface area contributed by atoms with Gasteiger partial charge in [0.1, 0.15) is 0 Å². The Labute approximate surface area is 266 Å². The normalized spacial score (nSPS) is 11.0. The molecule has 0 saturated heterocycles. The summed E-state index contributed by atoms with van der Waals surface area (Å²) in [4.78, 5) is 37.3. The molecule has 0 aliphatic carbocycles. The van der Waals surface area contributed by atoms with Gasteiger partial charge in [-0.15, -0.1) is 0 Å². The predicted octanol–water partition coefficient (Wildman–Crippen LogP) is 9.24. The van der Waals surface area contributed by atoms with E-state index < -0.39 is 0 Å². The van der Waals surface area contributed by atoms with E-state index >= 15 is 0 Å². The summed E-state index contributed by atoms with van der Waals surface area (Å²) in [5.41, 5.74) is 8.96. The molecule has 0 radical (unpaired) electrons. The number of carbonyl (C=O) groups is 2. The molecule has 7 aromatic rings. The van der Waals surface area contributed by atoms with Crippen LogP contribution in [0.25, 0.3) is 44.3 Å². The van der Waals surface area contributed by atoms with Gasteiger partial charge < -0.3 is 10.6 Å². The highest BCUT2D eigenvalue weighted by Crippen LogP contribution is 2.32. The molecule has 0 saturated carbocycles. The number of fused-ring (bicyclic) bond motifs is 2. The van der Waals surface area contributed by atoms with Crippen molar-refractivity contribution in [2.45, 2.75) is 13.8 Å². The third-order valence-corrected chi connectivity index (χ3v) is 8.22. The fourth-order valence-corrected chi connectivity index (χ4v) is 5.98. The molecule has 0 atom stereocenters. The van der Waals surface area contributed by atoms with Crippen LogP contribution in [-0.2, 0) is 0 Å². The maximum Gasteiger partial charge on any atom is 0.256 e. The SMILES string of the molecule is Cc1c(-c2ccccc2)nc2ccccc2c1C(=O)Nc1ccc(NC(=O)c2c(C)c(-c3ccccc3)nc3ccccc23)cc1. The van der Waals surface area contributed by atoms with Crippen molar-refractivity contribution in [1.29, 1.82) is 0 Å². The minimum Gasteiger partial charge on any atom is -0.322 e. The number of hydrogen-bond donors (Lipinski definition) is 2. The fourth-order valence-electron chi connectivity index (χ4n) is 5.98. The molecule has 2 amide bonds. The van der Waals surface area contributed by atoms with Gasteiger partial charge in [0.05, 0.1) is 33.5 Å². The summed E-state index contributed by atoms with van der Waals surface area (Å²) in [7, 11) is 0. The Bertz CT molecular complexity index is 2090. The van der Waals surface area contributed by atoms with Crippen molar-refractivity contribution >= 4 is 45.0 Å². The Morgan fingerprint density at radius 1 is 0.457 bits per heavy atom. The second kappa shape index (κ2) is 12.1. The quantitative estimate of drug-likeness (QED) is 0.200. The molecule has 0 bridgehead atoms. The van der Waals surface area contributed by atoms with Crippen molar-refractivity contribution in [1.82, 2.24) is 9.97 Å². The molecule has 6 heteroatoms. The van der Waals surface area contributed by atoms with Crippen LogP contribution >= 0.6 is 0 Å². The van der Waals surface area contributed by atoms with Crippen molar-refractivity contribution in [3.63, 3.8) is 0 Å². The molecule has 0 aliphatic heterocycles. The van der Waals surface area contributed by atoms with E-state index in [1.807, 2.05) is 123 Å². The van der Waals surface area contributed by atoms with Gasteiger partial charge in [-0.2, -0.15) is 0 Å². The lowest BCUT2D eigenvalue weighted by atomic mass is 9.97. The number of benzene rings is 5. The molecule has 2 aromatic heterocycles. The number of nitrogens with zero attached hydrogens (tertiary/aromatic N) is 2. The van der Waals surface area contributed by atoms with Crippen molar-refractivity contribution in [2.75, 3.05) is 10.6 Å². The second-order valence-electron chi connectivity index (χ2n) is 11.2. The van der Waals surface area contributed by atoms with Gasteiger partial charge in [0.25, 0.3) is 11.8 Å². The zero-order valence-electron chi connectivity index (χ0n) is 25.4. The van der Waals surface area contributed by atoms with E-state index in [-0.39, 0.29) is 11.8 Å². The first-order chi connectivity index (χ1) is 22.5. The number of nitrogens with one attached hydrogen (secondary N) is 2. The van der Waals surface area contributed by atoms with Gasteiger partial charge in [-0.3, -0.25) is 9.59 Å². The number of carbonyl (C=O) groups excluding carboxylic acids is 2. The monoisotopic (exact) mass is 598 g/mol. The van der Waals surface area contributed by atoms with Crippen molar-refractivity contribution in [3.8, 4) is 22.5 Å². The predicted molar refractivity (Wildman–Crippen MR) is 186 cm³/mol. The zero-order valence-corrected chi connectivity index (χ0v) is 25.4. The van der Waals surface area contributed by atoms with Crippen LogP contribution in [0, 0.1) is 13.8 Å². The van der Waals surface area contributed by atoms with Gasteiger partial charge in [0.2, 0.25) is 0 Å². The summed E-state index contributed by atoms with van der Waals surface area (Å²) in [5, 5.41) is 7.68. The molecular weight excluding hydrogens is 568 g/mol. The van der Waals surface area contributed by atoms with E-state index in [0.29, 0.717) is 22.5 Å². The van der Waals surface area contributed by atoms with Gasteiger partial charge >= 0.3 is 0 Å². The summed E-state index contributed by atoms with van der Waals surface area (Å²) in [6.45, 7) is 3.87. The van der Waals surface area contributed by atoms with Gasteiger partial charge in [-0.1, -0.05) is 97.1 Å². The Balaban J connectivity index is 1.17. The number of para-hydroxylation sites is 2. The van der Waals surface area contributed by atoms with Crippen molar-refractivity contribution in [3.05, 3.63) is 156 Å². The maximum atomic E-state index is 13.8. The lowest BCUT2D eigenvalue weighted by Gasteiger charge is -2.16. The first-order valence-corrected chi connectivity index (χ1v) is 15.1. The minimum atomic E-state index is -0.225. The summed E-state index contributed by atoms with van der Waals surface area (Å²) in [5.74, 6) is -0.449. The molecular formula is C40H30N4O2. The van der Waals surface area contributed by atoms with Crippen molar-refractivity contribution < 1.29 is 9.59 Å². The average molecular weight is 599 g/mol. The van der Waals surface area contributed by atoms with E-state index in [1.165, 1.54) is 0 Å². The van der Waals surface area contributed by atoms with Crippen molar-refractivity contribution in [2.24, 2.45) is 0 Å². The first kappa shape index (κ1) is 28.6. The Kier molecular flexibility index (Phi) is 7.53. The van der Waals surface area contributed by atoms with Crippen LogP contribution in [0.4, 0.5) is 11.4 Å². The van der Waals surface area contributed by atoms with E-state index in [0.717, 1.165) is 55.4 Å². The standard InChI is InChI=1S/C40H30N4O2/c1-25-35(31-17-9-11-19-33(31)43-37(25)27-13-5-3-6-14-27)39(45)41-29-21-23-30(24-22-29)42-40(46)36-26(2)38(28-15-7-4-8-16-28)44-34-20-12-10-18-32(34)36/h3-24H,1-2H3,(H,41,45)(H,42,46). The van der Waals surface area contributed by atoms with E-state index in [2.05, 4.69) is 10.6 Å². The molecule has 0 aliphatic rings. The lowest BCUT2D eigenvalue weighted by molar-refractivity contribution is 0.101. The molecule has 46 heavy (non-hydrogen) atoms. The third kappa shape index (κ3) is 5.37. The number of anilines is 2. The van der Waals surface area contributed by atoms with Crippen LogP contribution in [0.1, 0.15) is 31.8 Å². The van der Waals surface area contributed by atoms with Gasteiger partial charge in [0.15, 0.2) is 0 Å². The molecule has 0 fully saturated rings. The molecule has 2 N–H and O–H groups in total. The smallest absolute Gasteiger partial charge is 0.256 e. The van der Waals surface area contributed by atoms with Gasteiger partial charge in [0, 0.05) is 33.3 Å². The second-order valence-corrected chi connectivity index (χ2v) is 11.2. The number of aromatic nitrogens is 2. The summed E-state index contributed by atoms with van der Waals surface area (Å²) >= 11 is 0. The van der Waals surface area contributed by atoms with Crippen LogP contribution in [0.15, 0.2) is 133 Å². The highest BCUT2D eigenvalue weighted by Gasteiger charge is 2.21. The molecule has 7 rings (SSSR count). The van der Waals surface area contributed by atoms with Gasteiger partial charge in [-0.05, 0) is 61.4 Å². The van der Waals surface area contributed by atoms with Crippen LogP contribution in [-0.4, -0.2) is 21.8 Å². The highest BCUT2D eigenvalue weighted by molar-refractivity contribution is 6.16. The topological polar surface area (TPSA) is 84.0 Å². The number of hydrogen-bond acceptors (Lipinski definition) is 4. The largest absolute Gasteiger partial charge is 0.322 e. The number of rotatable bonds is 6. The minimum absolute atomic E-state index is 0.225. The Morgan fingerprint density at radius 3 is 1.20 bits per heavy atom. The Morgan fingerprint density at radius 2 is 0.804 bits per heavy atom. The van der Waals surface area contributed by atoms with Gasteiger partial charge in [-0.25, -0.2) is 9.97 Å². The third-order valence-electron chi connectivity index (χ3n) is 8.22. The zero-order chi connectivity index (χ0) is 31.6. The Hall–Kier alpha value is -6.14. The van der Waals surface area contributed by atoms with Crippen LogP contribution in [0.3, 0.4) is 0 Å². The molecule has 6 nitrogen and oxygen atoms in total. The maximum absolute atomic E-state index is 13.8. The van der Waals surface area contributed by atoms with Crippen LogP contribution in [0.2, 0.25) is 0 Å². The van der Waals surface area contributed by atoms with E-state index in [4.69, 9.17) is 9.97 Å². The van der Waals surface area contributed by atoms with Crippen LogP contribution < -0.4 is 10.6 Å². The molecule has 2 heterocycles.